The maximum absolute atomic E-state index is 13.4. The Morgan fingerprint density at radius 2 is 1.42 bits per heavy atom. The Morgan fingerprint density at radius 1 is 0.800 bits per heavy atom. The van der Waals surface area contributed by atoms with E-state index in [1.165, 1.54) is 0 Å². The van der Waals surface area contributed by atoms with Crippen molar-refractivity contribution in [1.82, 2.24) is 20.9 Å². The quantitative estimate of drug-likeness (QED) is 0.0494. The van der Waals surface area contributed by atoms with Gasteiger partial charge in [-0.05, 0) is 36.5 Å². The summed E-state index contributed by atoms with van der Waals surface area (Å²) in [7, 11) is 0. The summed E-state index contributed by atoms with van der Waals surface area (Å²) in [4.78, 5) is 70.4. The van der Waals surface area contributed by atoms with E-state index in [1.807, 2.05) is 24.3 Å². The number of aliphatic carboxylic acids is 1. The second-order valence-electron chi connectivity index (χ2n) is 10.5. The fraction of sp³-hybridized carbons (Fsp3) is 0.333. The Hall–Kier alpha value is -5.44. The second-order valence-corrected chi connectivity index (χ2v) is 10.5. The standard InChI is InChI=1S/C30H39N9O6/c31-20(14-18-16-36-21-10-5-4-9-19(18)21)26(41)38-23(15-25(32)40)28(43)37-22(11-6-12-35-30(33)34)27(42)39-24(29(44)45)13-17-7-2-1-3-8-17/h1-5,7-10,16,20,22-24,36H,6,11-15,31H2,(H2,32,40)(H,37,43)(H,38,41)(H,39,42)(H,44,45)(H4,33,34,35). The van der Waals surface area contributed by atoms with Crippen LogP contribution < -0.4 is 38.9 Å². The van der Waals surface area contributed by atoms with E-state index < -0.39 is 60.2 Å². The highest BCUT2D eigenvalue weighted by Crippen LogP contribution is 2.19. The number of para-hydroxylation sites is 1. The van der Waals surface area contributed by atoms with Crippen LogP contribution in [0.5, 0.6) is 0 Å². The molecule has 1 heterocycles. The smallest absolute Gasteiger partial charge is 0.326 e. The molecule has 0 radical (unpaired) electrons. The van der Waals surface area contributed by atoms with Gasteiger partial charge in [0, 0.05) is 30.1 Å². The molecule has 240 valence electrons. The van der Waals surface area contributed by atoms with Crippen molar-refractivity contribution < 1.29 is 29.1 Å². The number of hydrogen-bond acceptors (Lipinski definition) is 7. The van der Waals surface area contributed by atoms with Gasteiger partial charge in [0.1, 0.15) is 18.1 Å². The predicted molar refractivity (Wildman–Crippen MR) is 167 cm³/mol. The number of H-pyrrole nitrogens is 1. The number of hydrogen-bond donors (Lipinski definition) is 9. The highest BCUT2D eigenvalue weighted by molar-refractivity contribution is 5.96. The molecule has 4 atom stereocenters. The molecular weight excluding hydrogens is 582 g/mol. The molecule has 0 saturated heterocycles. The minimum atomic E-state index is -1.46. The summed E-state index contributed by atoms with van der Waals surface area (Å²) in [6.45, 7) is 0.124. The Balaban J connectivity index is 1.73. The maximum Gasteiger partial charge on any atom is 0.326 e. The molecule has 15 heteroatoms. The van der Waals surface area contributed by atoms with E-state index >= 15 is 0 Å². The summed E-state index contributed by atoms with van der Waals surface area (Å²) in [6.07, 6.45) is 1.52. The summed E-state index contributed by atoms with van der Waals surface area (Å²) in [5, 5.41) is 18.1. The molecule has 4 amide bonds. The minimum absolute atomic E-state index is 0.00332. The van der Waals surface area contributed by atoms with Gasteiger partial charge >= 0.3 is 5.97 Å². The number of amides is 4. The lowest BCUT2D eigenvalue weighted by atomic mass is 10.0. The average molecular weight is 622 g/mol. The average Bonchev–Trinajstić information content (AvgIpc) is 3.40. The molecule has 0 fully saturated rings. The molecule has 0 bridgehead atoms. The van der Waals surface area contributed by atoms with E-state index in [9.17, 15) is 29.1 Å². The van der Waals surface area contributed by atoms with Crippen LogP contribution in [-0.2, 0) is 36.8 Å². The molecule has 1 aromatic heterocycles. The summed E-state index contributed by atoms with van der Waals surface area (Å²) in [6, 6.07) is 11.0. The van der Waals surface area contributed by atoms with Gasteiger partial charge in [-0.25, -0.2) is 4.79 Å². The molecule has 3 aromatic rings. The van der Waals surface area contributed by atoms with Gasteiger partial charge in [0.05, 0.1) is 12.5 Å². The lowest BCUT2D eigenvalue weighted by Gasteiger charge is -2.25. The van der Waals surface area contributed by atoms with E-state index in [1.54, 1.807) is 36.5 Å². The van der Waals surface area contributed by atoms with Crippen LogP contribution in [0.3, 0.4) is 0 Å². The summed E-state index contributed by atoms with van der Waals surface area (Å²) in [5.41, 5.74) is 24.6. The number of carboxylic acid groups (broad SMARTS) is 1. The van der Waals surface area contributed by atoms with Gasteiger partial charge in [-0.3, -0.25) is 24.2 Å². The normalized spacial score (nSPS) is 13.5. The van der Waals surface area contributed by atoms with Crippen molar-refractivity contribution >= 4 is 46.5 Å². The van der Waals surface area contributed by atoms with Crippen LogP contribution in [0.15, 0.2) is 65.8 Å². The zero-order chi connectivity index (χ0) is 32.9. The maximum atomic E-state index is 13.4. The van der Waals surface area contributed by atoms with E-state index in [-0.39, 0.29) is 38.2 Å². The molecule has 0 aliphatic rings. The van der Waals surface area contributed by atoms with Crippen molar-refractivity contribution in [1.29, 1.82) is 0 Å². The number of carbonyl (C=O) groups is 5. The molecule has 0 aliphatic heterocycles. The SMILES string of the molecule is NC(=O)CC(NC(=O)C(N)Cc1c[nH]c2ccccc12)C(=O)NC(CCCN=C(N)N)C(=O)NC(Cc1ccccc1)C(=O)O. The first-order valence-corrected chi connectivity index (χ1v) is 14.3. The molecule has 2 aromatic carbocycles. The van der Waals surface area contributed by atoms with Crippen LogP contribution in [0.4, 0.5) is 0 Å². The summed E-state index contributed by atoms with van der Waals surface area (Å²) in [5.74, 6) is -4.73. The summed E-state index contributed by atoms with van der Waals surface area (Å²) < 4.78 is 0. The van der Waals surface area contributed by atoms with Gasteiger partial charge in [-0.2, -0.15) is 0 Å². The largest absolute Gasteiger partial charge is 0.480 e. The number of aromatic amines is 1. The van der Waals surface area contributed by atoms with Gasteiger partial charge in [0.15, 0.2) is 5.96 Å². The van der Waals surface area contributed by atoms with Crippen LogP contribution in [0.1, 0.15) is 30.4 Å². The number of fused-ring (bicyclic) bond motifs is 1. The highest BCUT2D eigenvalue weighted by Gasteiger charge is 2.31. The molecule has 0 saturated carbocycles. The summed E-state index contributed by atoms with van der Waals surface area (Å²) >= 11 is 0. The third-order valence-electron chi connectivity index (χ3n) is 6.97. The number of nitrogens with two attached hydrogens (primary N) is 4. The Labute approximate surface area is 259 Å². The molecule has 0 aliphatic carbocycles. The van der Waals surface area contributed by atoms with Crippen molar-refractivity contribution in [3.63, 3.8) is 0 Å². The highest BCUT2D eigenvalue weighted by atomic mass is 16.4. The molecule has 0 spiro atoms. The zero-order valence-electron chi connectivity index (χ0n) is 24.6. The number of benzene rings is 2. The van der Waals surface area contributed by atoms with Crippen LogP contribution >= 0.6 is 0 Å². The van der Waals surface area contributed by atoms with E-state index in [4.69, 9.17) is 22.9 Å². The van der Waals surface area contributed by atoms with Gasteiger partial charge in [-0.15, -0.1) is 0 Å². The fourth-order valence-electron chi connectivity index (χ4n) is 4.69. The molecule has 15 nitrogen and oxygen atoms in total. The van der Waals surface area contributed by atoms with E-state index in [0.29, 0.717) is 5.56 Å². The molecule has 3 rings (SSSR count). The monoisotopic (exact) mass is 621 g/mol. The van der Waals surface area contributed by atoms with E-state index in [2.05, 4.69) is 25.9 Å². The van der Waals surface area contributed by atoms with Gasteiger partial charge in [0.2, 0.25) is 23.6 Å². The number of carboxylic acids is 1. The third-order valence-corrected chi connectivity index (χ3v) is 6.97. The number of aliphatic imine (C=N–C) groups is 1. The number of rotatable bonds is 17. The second kappa shape index (κ2) is 16.4. The first kappa shape index (κ1) is 34.1. The van der Waals surface area contributed by atoms with Crippen LogP contribution in [-0.4, -0.2) is 76.4 Å². The zero-order valence-corrected chi connectivity index (χ0v) is 24.6. The number of aromatic nitrogens is 1. The third kappa shape index (κ3) is 10.7. The molecular formula is C30H39N9O6. The molecule has 4 unspecified atom stereocenters. The van der Waals surface area contributed by atoms with E-state index in [0.717, 1.165) is 16.5 Å². The van der Waals surface area contributed by atoms with Gasteiger partial charge in [-0.1, -0.05) is 48.5 Å². The van der Waals surface area contributed by atoms with Crippen LogP contribution in [0.25, 0.3) is 10.9 Å². The van der Waals surface area contributed by atoms with Gasteiger partial charge < -0.3 is 49.0 Å². The minimum Gasteiger partial charge on any atom is -0.480 e. The Bertz CT molecular complexity index is 1520. The lowest BCUT2D eigenvalue weighted by molar-refractivity contribution is -0.142. The molecule has 45 heavy (non-hydrogen) atoms. The van der Waals surface area contributed by atoms with Crippen molar-refractivity contribution in [3.05, 3.63) is 71.9 Å². The number of nitrogens with zero attached hydrogens (tertiary/aromatic N) is 1. The predicted octanol–water partition coefficient (Wildman–Crippen LogP) is -1.25. The van der Waals surface area contributed by atoms with Gasteiger partial charge in [0.25, 0.3) is 0 Å². The van der Waals surface area contributed by atoms with Crippen molar-refractivity contribution in [2.24, 2.45) is 27.9 Å². The fourth-order valence-corrected chi connectivity index (χ4v) is 4.69. The first-order chi connectivity index (χ1) is 21.4. The topological polar surface area (TPSA) is 274 Å². The Kier molecular flexibility index (Phi) is 12.4. The van der Waals surface area contributed by atoms with Crippen molar-refractivity contribution in [3.8, 4) is 0 Å². The van der Waals surface area contributed by atoms with Crippen molar-refractivity contribution in [2.45, 2.75) is 56.3 Å². The van der Waals surface area contributed by atoms with Crippen molar-refractivity contribution in [2.75, 3.05) is 6.54 Å². The van der Waals surface area contributed by atoms with Crippen LogP contribution in [0.2, 0.25) is 0 Å². The Morgan fingerprint density at radius 3 is 2.09 bits per heavy atom. The number of guanidine groups is 1. The number of carbonyl (C=O) groups excluding carboxylic acids is 4. The number of primary amides is 1. The van der Waals surface area contributed by atoms with Crippen LogP contribution in [0, 0.1) is 0 Å². The lowest BCUT2D eigenvalue weighted by Crippen LogP contribution is -2.58. The first-order valence-electron chi connectivity index (χ1n) is 14.3. The molecule has 13 N–H and O–H groups in total. The number of nitrogens with one attached hydrogen (secondary N) is 4.